The lowest BCUT2D eigenvalue weighted by atomic mass is 10.0. The fraction of sp³-hybridized carbons (Fsp3) is 0.167. The van der Waals surface area contributed by atoms with Crippen molar-refractivity contribution in [2.45, 2.75) is 31.6 Å². The van der Waals surface area contributed by atoms with Crippen LogP contribution in [0.4, 0.5) is 5.69 Å². The Morgan fingerprint density at radius 1 is 0.889 bits per heavy atom. The average molecular weight is 493 g/mol. The molecule has 0 fully saturated rings. The van der Waals surface area contributed by atoms with Gasteiger partial charge in [0.05, 0.1) is 28.4 Å². The van der Waals surface area contributed by atoms with Gasteiger partial charge in [-0.05, 0) is 61.6 Å². The zero-order valence-electron chi connectivity index (χ0n) is 20.5. The first-order valence-corrected chi connectivity index (χ1v) is 13.2. The van der Waals surface area contributed by atoms with Crippen LogP contribution < -0.4 is 5.01 Å². The third kappa shape index (κ3) is 5.04. The van der Waals surface area contributed by atoms with Gasteiger partial charge in [-0.25, -0.2) is 4.68 Å². The Labute approximate surface area is 216 Å². The molecule has 3 aromatic carbocycles. The van der Waals surface area contributed by atoms with Crippen LogP contribution in [-0.2, 0) is 4.79 Å². The van der Waals surface area contributed by atoms with Crippen molar-refractivity contribution in [1.82, 2.24) is 9.78 Å². The van der Waals surface area contributed by atoms with Gasteiger partial charge >= 0.3 is 0 Å². The second-order valence-electron chi connectivity index (χ2n) is 8.64. The molecule has 0 saturated carbocycles. The molecule has 1 aromatic heterocycles. The topological polar surface area (TPSA) is 50.5 Å². The molecule has 36 heavy (non-hydrogen) atoms. The highest BCUT2D eigenvalue weighted by atomic mass is 32.2. The monoisotopic (exact) mass is 492 g/mol. The Hall–Kier alpha value is -3.90. The number of amides is 1. The Morgan fingerprint density at radius 2 is 1.56 bits per heavy atom. The zero-order chi connectivity index (χ0) is 24.9. The van der Waals surface area contributed by atoms with Crippen molar-refractivity contribution in [1.29, 1.82) is 0 Å². The minimum atomic E-state index is -0.139. The van der Waals surface area contributed by atoms with Gasteiger partial charge < -0.3 is 0 Å². The minimum Gasteiger partial charge on any atom is -0.267 e. The molecule has 0 saturated heterocycles. The second-order valence-corrected chi connectivity index (χ2v) is 9.80. The number of nitrogens with zero attached hydrogens (tertiary/aromatic N) is 4. The number of aromatic nitrogens is 2. The first-order valence-electron chi connectivity index (χ1n) is 12.2. The smallest absolute Gasteiger partial charge is 0.267 e. The number of hydrazone groups is 1. The summed E-state index contributed by atoms with van der Waals surface area (Å²) in [6, 6.07) is 28.0. The molecule has 0 spiro atoms. The highest BCUT2D eigenvalue weighted by molar-refractivity contribution is 7.99. The molecular formula is C30H28N4OS. The largest absolute Gasteiger partial charge is 0.280 e. The van der Waals surface area contributed by atoms with Crippen LogP contribution in [0.15, 0.2) is 107 Å². The Kier molecular flexibility index (Phi) is 7.14. The van der Waals surface area contributed by atoms with Crippen LogP contribution in [0, 0.1) is 0 Å². The maximum Gasteiger partial charge on any atom is 0.280 e. The molecule has 5 nitrogen and oxygen atoms in total. The number of hydrogen-bond donors (Lipinski definition) is 0. The van der Waals surface area contributed by atoms with Crippen LogP contribution in [0.2, 0.25) is 0 Å². The van der Waals surface area contributed by atoms with Gasteiger partial charge in [0.25, 0.3) is 5.91 Å². The van der Waals surface area contributed by atoms with Crippen molar-refractivity contribution in [3.05, 3.63) is 102 Å². The molecule has 6 heteroatoms. The van der Waals surface area contributed by atoms with E-state index in [9.17, 15) is 4.79 Å². The number of rotatable bonds is 8. The van der Waals surface area contributed by atoms with Crippen molar-refractivity contribution in [2.24, 2.45) is 5.10 Å². The van der Waals surface area contributed by atoms with Crippen molar-refractivity contribution in [3.8, 4) is 16.9 Å². The summed E-state index contributed by atoms with van der Waals surface area (Å²) in [5.74, 6) is 0.980. The number of para-hydroxylation sites is 2. The minimum absolute atomic E-state index is 0.139. The Morgan fingerprint density at radius 3 is 2.22 bits per heavy atom. The van der Waals surface area contributed by atoms with E-state index in [0.717, 1.165) is 33.9 Å². The van der Waals surface area contributed by atoms with Gasteiger partial charge in [0, 0.05) is 22.2 Å². The summed E-state index contributed by atoms with van der Waals surface area (Å²) in [7, 11) is 0. The number of unbranched alkanes of at least 4 members (excludes halogenated alkanes) is 1. The maximum atomic E-state index is 13.3. The lowest BCUT2D eigenvalue weighted by Crippen LogP contribution is -2.21. The number of carbonyl (C=O) groups is 1. The van der Waals surface area contributed by atoms with Gasteiger partial charge in [0.1, 0.15) is 0 Å². The normalized spacial score (nSPS) is 14.5. The van der Waals surface area contributed by atoms with Gasteiger partial charge in [-0.1, -0.05) is 61.9 Å². The van der Waals surface area contributed by atoms with Gasteiger partial charge in [0.15, 0.2) is 0 Å². The Balaban J connectivity index is 1.52. The molecule has 0 bridgehead atoms. The molecule has 0 atom stereocenters. The fourth-order valence-electron chi connectivity index (χ4n) is 4.06. The number of carbonyl (C=O) groups excluding carboxylic acids is 1. The van der Waals surface area contributed by atoms with Crippen LogP contribution in [0.5, 0.6) is 0 Å². The lowest BCUT2D eigenvalue weighted by molar-refractivity contribution is -0.114. The summed E-state index contributed by atoms with van der Waals surface area (Å²) < 4.78 is 1.87. The summed E-state index contributed by atoms with van der Waals surface area (Å²) >= 11 is 1.88. The summed E-state index contributed by atoms with van der Waals surface area (Å²) in [6.45, 7) is 4.08. The van der Waals surface area contributed by atoms with Crippen molar-refractivity contribution in [3.63, 3.8) is 0 Å². The summed E-state index contributed by atoms with van der Waals surface area (Å²) in [5.41, 5.74) is 5.68. The molecule has 0 unspecified atom stereocenters. The van der Waals surface area contributed by atoms with Gasteiger partial charge in [-0.3, -0.25) is 4.79 Å². The predicted molar refractivity (Wildman–Crippen MR) is 150 cm³/mol. The molecule has 180 valence electrons. The van der Waals surface area contributed by atoms with Crippen LogP contribution in [-0.4, -0.2) is 27.2 Å². The van der Waals surface area contributed by atoms with E-state index in [2.05, 4.69) is 36.3 Å². The standard InChI is InChI=1S/C30H28N4OS/c1-3-4-19-36-27-17-15-23(16-18-27)29-24(21-33(32-29)25-11-7-5-8-12-25)20-28-22(2)31-34(30(28)35)26-13-9-6-10-14-26/h5-18,20-21H,3-4,19H2,1-2H3. The van der Waals surface area contributed by atoms with Crippen LogP contribution >= 0.6 is 11.8 Å². The van der Waals surface area contributed by atoms with E-state index in [-0.39, 0.29) is 5.91 Å². The maximum absolute atomic E-state index is 13.3. The zero-order valence-corrected chi connectivity index (χ0v) is 21.3. The van der Waals surface area contributed by atoms with E-state index in [0.29, 0.717) is 11.3 Å². The van der Waals surface area contributed by atoms with Crippen LogP contribution in [0.3, 0.4) is 0 Å². The summed E-state index contributed by atoms with van der Waals surface area (Å²) in [4.78, 5) is 14.6. The third-order valence-corrected chi connectivity index (χ3v) is 7.12. The summed E-state index contributed by atoms with van der Waals surface area (Å²) in [5, 5.41) is 10.9. The quantitative estimate of drug-likeness (QED) is 0.148. The molecule has 5 rings (SSSR count). The van der Waals surface area contributed by atoms with Gasteiger partial charge in [-0.2, -0.15) is 15.2 Å². The van der Waals surface area contributed by atoms with Crippen LogP contribution in [0.1, 0.15) is 32.3 Å². The molecule has 1 aliphatic rings. The lowest BCUT2D eigenvalue weighted by Gasteiger charge is -2.11. The third-order valence-electron chi connectivity index (χ3n) is 6.02. The SMILES string of the molecule is CCCCSc1ccc(-c2nn(-c3ccccc3)cc2C=C2C(=O)N(c3ccccc3)N=C2C)cc1. The highest BCUT2D eigenvalue weighted by Crippen LogP contribution is 2.31. The molecule has 0 radical (unpaired) electrons. The molecule has 0 N–H and O–H groups in total. The fourth-order valence-corrected chi connectivity index (χ4v) is 5.05. The predicted octanol–water partition coefficient (Wildman–Crippen LogP) is 7.24. The van der Waals surface area contributed by atoms with E-state index >= 15 is 0 Å². The first kappa shape index (κ1) is 23.8. The van der Waals surface area contributed by atoms with Crippen molar-refractivity contribution < 1.29 is 4.79 Å². The van der Waals surface area contributed by atoms with E-state index in [4.69, 9.17) is 5.10 Å². The van der Waals surface area contributed by atoms with Crippen molar-refractivity contribution >= 4 is 35.1 Å². The highest BCUT2D eigenvalue weighted by Gasteiger charge is 2.29. The molecule has 2 heterocycles. The molecule has 1 amide bonds. The molecule has 4 aromatic rings. The van der Waals surface area contributed by atoms with Gasteiger partial charge in [0.2, 0.25) is 0 Å². The number of benzene rings is 3. The van der Waals surface area contributed by atoms with E-state index in [1.807, 2.05) is 96.3 Å². The number of anilines is 1. The van der Waals surface area contributed by atoms with E-state index in [1.165, 1.54) is 22.7 Å². The first-order chi connectivity index (χ1) is 17.6. The van der Waals surface area contributed by atoms with Crippen molar-refractivity contribution in [2.75, 3.05) is 10.8 Å². The van der Waals surface area contributed by atoms with E-state index in [1.54, 1.807) is 0 Å². The summed E-state index contributed by atoms with van der Waals surface area (Å²) in [6.07, 6.45) is 6.30. The van der Waals surface area contributed by atoms with E-state index < -0.39 is 0 Å². The Bertz CT molecular complexity index is 1410. The molecule has 1 aliphatic heterocycles. The van der Waals surface area contributed by atoms with Crippen LogP contribution in [0.25, 0.3) is 23.0 Å². The average Bonchev–Trinajstić information content (AvgIpc) is 3.47. The number of thioether (sulfide) groups is 1. The molecule has 0 aliphatic carbocycles. The molecular weight excluding hydrogens is 464 g/mol. The number of hydrogen-bond acceptors (Lipinski definition) is 4. The van der Waals surface area contributed by atoms with Gasteiger partial charge in [-0.15, -0.1) is 11.8 Å². The second kappa shape index (κ2) is 10.8.